The highest BCUT2D eigenvalue weighted by atomic mass is 16.5. The minimum absolute atomic E-state index is 0.00766. The number of likely N-dealkylation sites (tertiary alicyclic amines) is 1. The number of rotatable bonds is 5. The monoisotopic (exact) mass is 366 g/mol. The van der Waals surface area contributed by atoms with E-state index in [0.29, 0.717) is 24.5 Å². The number of nitrogens with one attached hydrogen (secondary N) is 1. The fourth-order valence-corrected chi connectivity index (χ4v) is 3.41. The number of hydrogen-bond acceptors (Lipinski definition) is 5. The quantitative estimate of drug-likeness (QED) is 0.723. The molecule has 0 radical (unpaired) electrons. The molecule has 1 aromatic carbocycles. The van der Waals surface area contributed by atoms with Gasteiger partial charge in [0.05, 0.1) is 23.7 Å². The normalized spacial score (nSPS) is 17.4. The standard InChI is InChI=1S/C20H22N4O3/c25-12-19-22-17-6-5-15(9-18(17)23-19)20(26)24-8-2-4-16(11-24)27-13-14-3-1-7-21-10-14/h1,3,5-7,9-10,16,25H,2,4,8,11-13H2,(H,22,23)/t16-/m0/s1. The van der Waals surface area contributed by atoms with E-state index < -0.39 is 0 Å². The van der Waals surface area contributed by atoms with Crippen molar-refractivity contribution in [2.24, 2.45) is 0 Å². The van der Waals surface area contributed by atoms with Crippen LogP contribution in [0.3, 0.4) is 0 Å². The maximum atomic E-state index is 12.9. The number of aromatic nitrogens is 3. The van der Waals surface area contributed by atoms with Gasteiger partial charge in [-0.05, 0) is 42.7 Å². The van der Waals surface area contributed by atoms with Gasteiger partial charge in [-0.15, -0.1) is 0 Å². The molecule has 27 heavy (non-hydrogen) atoms. The zero-order chi connectivity index (χ0) is 18.6. The van der Waals surface area contributed by atoms with Crippen molar-refractivity contribution in [1.29, 1.82) is 0 Å². The van der Waals surface area contributed by atoms with Crippen molar-refractivity contribution in [2.75, 3.05) is 13.1 Å². The van der Waals surface area contributed by atoms with Crippen molar-refractivity contribution in [3.8, 4) is 0 Å². The molecular weight excluding hydrogens is 344 g/mol. The molecule has 1 saturated heterocycles. The highest BCUT2D eigenvalue weighted by Gasteiger charge is 2.25. The number of ether oxygens (including phenoxy) is 1. The Hall–Kier alpha value is -2.77. The van der Waals surface area contributed by atoms with Gasteiger partial charge in [-0.25, -0.2) is 4.98 Å². The molecule has 1 atom stereocenters. The van der Waals surface area contributed by atoms with E-state index in [0.717, 1.165) is 36.0 Å². The highest BCUT2D eigenvalue weighted by molar-refractivity contribution is 5.97. The van der Waals surface area contributed by atoms with Gasteiger partial charge in [0.15, 0.2) is 0 Å². The fourth-order valence-electron chi connectivity index (χ4n) is 3.41. The Morgan fingerprint density at radius 2 is 2.30 bits per heavy atom. The van der Waals surface area contributed by atoms with E-state index in [1.54, 1.807) is 30.6 Å². The molecule has 7 heteroatoms. The molecule has 140 valence electrons. The second kappa shape index (κ2) is 7.85. The Morgan fingerprint density at radius 1 is 1.37 bits per heavy atom. The summed E-state index contributed by atoms with van der Waals surface area (Å²) in [6, 6.07) is 9.26. The van der Waals surface area contributed by atoms with Crippen molar-refractivity contribution >= 4 is 16.9 Å². The predicted molar refractivity (Wildman–Crippen MR) is 100.0 cm³/mol. The summed E-state index contributed by atoms with van der Waals surface area (Å²) in [6.07, 6.45) is 5.43. The van der Waals surface area contributed by atoms with Crippen LogP contribution in [0.2, 0.25) is 0 Å². The number of aliphatic hydroxyl groups excluding tert-OH is 1. The van der Waals surface area contributed by atoms with Crippen LogP contribution >= 0.6 is 0 Å². The lowest BCUT2D eigenvalue weighted by atomic mass is 10.1. The molecule has 2 aromatic heterocycles. The topological polar surface area (TPSA) is 91.3 Å². The van der Waals surface area contributed by atoms with Crippen LogP contribution in [0.4, 0.5) is 0 Å². The summed E-state index contributed by atoms with van der Waals surface area (Å²) in [5.41, 5.74) is 3.15. The first kappa shape index (κ1) is 17.6. The van der Waals surface area contributed by atoms with E-state index in [4.69, 9.17) is 4.74 Å². The van der Waals surface area contributed by atoms with Crippen LogP contribution in [0.1, 0.15) is 34.6 Å². The largest absolute Gasteiger partial charge is 0.388 e. The van der Waals surface area contributed by atoms with Crippen LogP contribution in [-0.2, 0) is 18.0 Å². The van der Waals surface area contributed by atoms with E-state index >= 15 is 0 Å². The zero-order valence-electron chi connectivity index (χ0n) is 15.0. The number of aromatic amines is 1. The van der Waals surface area contributed by atoms with Crippen LogP contribution in [0.15, 0.2) is 42.7 Å². The molecule has 1 fully saturated rings. The van der Waals surface area contributed by atoms with Crippen LogP contribution in [0.25, 0.3) is 11.0 Å². The predicted octanol–water partition coefficient (Wildman–Crippen LogP) is 2.27. The first-order chi connectivity index (χ1) is 13.2. The maximum absolute atomic E-state index is 12.9. The molecule has 3 heterocycles. The van der Waals surface area contributed by atoms with Crippen LogP contribution < -0.4 is 0 Å². The molecule has 0 unspecified atom stereocenters. The van der Waals surface area contributed by atoms with Gasteiger partial charge in [-0.2, -0.15) is 0 Å². The van der Waals surface area contributed by atoms with Gasteiger partial charge >= 0.3 is 0 Å². The second-order valence-electron chi connectivity index (χ2n) is 6.76. The van der Waals surface area contributed by atoms with Crippen molar-refractivity contribution < 1.29 is 14.6 Å². The number of pyridine rings is 1. The summed E-state index contributed by atoms with van der Waals surface area (Å²) in [7, 11) is 0. The third kappa shape index (κ3) is 3.99. The second-order valence-corrected chi connectivity index (χ2v) is 6.76. The number of imidazole rings is 1. The van der Waals surface area contributed by atoms with Gasteiger partial charge in [0, 0.05) is 31.0 Å². The number of piperidine rings is 1. The van der Waals surface area contributed by atoms with Gasteiger partial charge in [0.25, 0.3) is 5.91 Å². The van der Waals surface area contributed by atoms with Crippen molar-refractivity contribution in [2.45, 2.75) is 32.2 Å². The Labute approximate surface area is 157 Å². The lowest BCUT2D eigenvalue weighted by Crippen LogP contribution is -2.43. The van der Waals surface area contributed by atoms with E-state index in [-0.39, 0.29) is 18.6 Å². The van der Waals surface area contributed by atoms with Gasteiger partial charge in [-0.3, -0.25) is 9.78 Å². The number of H-pyrrole nitrogens is 1. The number of hydrogen-bond donors (Lipinski definition) is 2. The lowest BCUT2D eigenvalue weighted by molar-refractivity contribution is -0.00680. The molecule has 2 N–H and O–H groups in total. The van der Waals surface area contributed by atoms with Crippen LogP contribution in [0.5, 0.6) is 0 Å². The molecular formula is C20H22N4O3. The average molecular weight is 366 g/mol. The highest BCUT2D eigenvalue weighted by Crippen LogP contribution is 2.20. The van der Waals surface area contributed by atoms with Gasteiger partial charge in [0.2, 0.25) is 0 Å². The molecule has 0 aliphatic carbocycles. The van der Waals surface area contributed by atoms with E-state index in [1.165, 1.54) is 0 Å². The van der Waals surface area contributed by atoms with E-state index in [1.807, 2.05) is 17.0 Å². The molecule has 0 spiro atoms. The molecule has 7 nitrogen and oxygen atoms in total. The zero-order valence-corrected chi connectivity index (χ0v) is 15.0. The Balaban J connectivity index is 1.42. The minimum Gasteiger partial charge on any atom is -0.388 e. The van der Waals surface area contributed by atoms with E-state index in [2.05, 4.69) is 15.0 Å². The van der Waals surface area contributed by atoms with Crippen LogP contribution in [-0.4, -0.2) is 50.1 Å². The molecule has 1 aliphatic rings. The molecule has 1 aliphatic heterocycles. The number of amides is 1. The fraction of sp³-hybridized carbons (Fsp3) is 0.350. The Bertz CT molecular complexity index is 925. The Morgan fingerprint density at radius 3 is 3.11 bits per heavy atom. The van der Waals surface area contributed by atoms with E-state index in [9.17, 15) is 9.90 Å². The number of carbonyl (C=O) groups excluding carboxylic acids is 1. The number of benzene rings is 1. The molecule has 0 bridgehead atoms. The first-order valence-corrected chi connectivity index (χ1v) is 9.12. The number of fused-ring (bicyclic) bond motifs is 1. The molecule has 3 aromatic rings. The first-order valence-electron chi connectivity index (χ1n) is 9.12. The van der Waals surface area contributed by atoms with Gasteiger partial charge in [0.1, 0.15) is 12.4 Å². The number of nitrogens with zero attached hydrogens (tertiary/aromatic N) is 3. The average Bonchev–Trinajstić information content (AvgIpc) is 3.15. The summed E-state index contributed by atoms with van der Waals surface area (Å²) in [4.78, 5) is 26.1. The lowest BCUT2D eigenvalue weighted by Gasteiger charge is -2.32. The third-order valence-corrected chi connectivity index (χ3v) is 4.80. The van der Waals surface area contributed by atoms with Gasteiger partial charge < -0.3 is 19.7 Å². The van der Waals surface area contributed by atoms with Crippen molar-refractivity contribution in [1.82, 2.24) is 19.9 Å². The molecule has 4 rings (SSSR count). The summed E-state index contributed by atoms with van der Waals surface area (Å²) in [5, 5.41) is 9.20. The summed E-state index contributed by atoms with van der Waals surface area (Å²) >= 11 is 0. The van der Waals surface area contributed by atoms with Crippen molar-refractivity contribution in [3.63, 3.8) is 0 Å². The molecule has 0 saturated carbocycles. The minimum atomic E-state index is -0.153. The summed E-state index contributed by atoms with van der Waals surface area (Å²) in [5.74, 6) is 0.489. The van der Waals surface area contributed by atoms with Gasteiger partial charge in [-0.1, -0.05) is 6.07 Å². The van der Waals surface area contributed by atoms with Crippen molar-refractivity contribution in [3.05, 3.63) is 59.7 Å². The SMILES string of the molecule is O=C(c1ccc2nc(CO)[nH]c2c1)N1CCC[C@H](OCc2cccnc2)C1. The Kier molecular flexibility index (Phi) is 5.13. The number of carbonyl (C=O) groups is 1. The number of aliphatic hydroxyl groups is 1. The molecule has 1 amide bonds. The smallest absolute Gasteiger partial charge is 0.254 e. The van der Waals surface area contributed by atoms with Crippen LogP contribution in [0, 0.1) is 0 Å². The maximum Gasteiger partial charge on any atom is 0.254 e. The third-order valence-electron chi connectivity index (χ3n) is 4.80. The summed E-state index contributed by atoms with van der Waals surface area (Å²) < 4.78 is 6.00. The summed E-state index contributed by atoms with van der Waals surface area (Å²) in [6.45, 7) is 1.67.